The van der Waals surface area contributed by atoms with Gasteiger partial charge in [-0.3, -0.25) is 14.4 Å². The lowest BCUT2D eigenvalue weighted by atomic mass is 10.0. The molecule has 0 aromatic carbocycles. The van der Waals surface area contributed by atoms with Crippen LogP contribution in [-0.2, 0) is 19.2 Å². The Morgan fingerprint density at radius 1 is 0.938 bits per heavy atom. The minimum absolute atomic E-state index is 0.114. The van der Waals surface area contributed by atoms with E-state index in [-0.39, 0.29) is 30.8 Å². The van der Waals surface area contributed by atoms with E-state index in [0.717, 1.165) is 19.3 Å². The Morgan fingerprint density at radius 2 is 1.56 bits per heavy atom. The quantitative estimate of drug-likeness (QED) is 0.322. The maximum absolute atomic E-state index is 11.3. The summed E-state index contributed by atoms with van der Waals surface area (Å²) >= 11 is 0. The molecule has 0 saturated carbocycles. The number of ketones is 3. The van der Waals surface area contributed by atoms with E-state index in [1.165, 1.54) is 0 Å². The summed E-state index contributed by atoms with van der Waals surface area (Å²) < 4.78 is 0. The molecule has 0 atom stereocenters. The Labute approximate surface area is 95.4 Å². The second-order valence-electron chi connectivity index (χ2n) is 3.80. The number of aldehydes is 1. The van der Waals surface area contributed by atoms with Crippen LogP contribution in [0.25, 0.3) is 0 Å². The van der Waals surface area contributed by atoms with E-state index in [1.807, 2.05) is 6.92 Å². The molecule has 4 heteroatoms. The topological polar surface area (TPSA) is 68.3 Å². The van der Waals surface area contributed by atoms with Gasteiger partial charge in [0, 0.05) is 6.42 Å². The van der Waals surface area contributed by atoms with Crippen molar-refractivity contribution in [3.8, 4) is 0 Å². The molecule has 0 rings (SSSR count). The Balaban J connectivity index is 3.73. The van der Waals surface area contributed by atoms with Crippen molar-refractivity contribution in [3.05, 3.63) is 0 Å². The van der Waals surface area contributed by atoms with Gasteiger partial charge in [-0.15, -0.1) is 0 Å². The van der Waals surface area contributed by atoms with Crippen LogP contribution in [0.2, 0.25) is 0 Å². The zero-order valence-electron chi connectivity index (χ0n) is 9.66. The monoisotopic (exact) mass is 226 g/mol. The number of unbranched alkanes of at least 4 members (excludes halogenated alkanes) is 2. The third kappa shape index (κ3) is 8.03. The van der Waals surface area contributed by atoms with Crippen molar-refractivity contribution in [1.29, 1.82) is 0 Å². The third-order valence-electron chi connectivity index (χ3n) is 2.16. The van der Waals surface area contributed by atoms with Crippen LogP contribution in [-0.4, -0.2) is 23.6 Å². The summed E-state index contributed by atoms with van der Waals surface area (Å²) in [7, 11) is 0. The molecule has 0 heterocycles. The van der Waals surface area contributed by atoms with Crippen LogP contribution in [0.15, 0.2) is 0 Å². The summed E-state index contributed by atoms with van der Waals surface area (Å²) in [5, 5.41) is 0. The van der Waals surface area contributed by atoms with E-state index >= 15 is 0 Å². The van der Waals surface area contributed by atoms with Crippen molar-refractivity contribution < 1.29 is 19.2 Å². The zero-order chi connectivity index (χ0) is 12.4. The van der Waals surface area contributed by atoms with Crippen LogP contribution < -0.4 is 0 Å². The van der Waals surface area contributed by atoms with Crippen molar-refractivity contribution in [2.75, 3.05) is 0 Å². The normalized spacial score (nSPS) is 9.81. The van der Waals surface area contributed by atoms with Gasteiger partial charge in [-0.1, -0.05) is 19.8 Å². The fraction of sp³-hybridized carbons (Fsp3) is 0.667. The van der Waals surface area contributed by atoms with Gasteiger partial charge in [0.05, 0.1) is 19.3 Å². The fourth-order valence-corrected chi connectivity index (χ4v) is 1.33. The lowest BCUT2D eigenvalue weighted by Gasteiger charge is -1.99. The van der Waals surface area contributed by atoms with Gasteiger partial charge in [0.15, 0.2) is 0 Å². The number of Topliss-reactive ketones (excluding diaryl/α,β-unsaturated/α-hetero) is 3. The molecule has 0 spiro atoms. The first kappa shape index (κ1) is 14.7. The van der Waals surface area contributed by atoms with Gasteiger partial charge in [0.1, 0.15) is 23.6 Å². The fourth-order valence-electron chi connectivity index (χ4n) is 1.33. The molecule has 0 aliphatic rings. The molecule has 0 aromatic rings. The molecule has 0 N–H and O–H groups in total. The molecule has 0 aliphatic carbocycles. The average molecular weight is 226 g/mol. The first-order chi connectivity index (χ1) is 7.60. The second-order valence-corrected chi connectivity index (χ2v) is 3.80. The van der Waals surface area contributed by atoms with E-state index < -0.39 is 5.78 Å². The third-order valence-corrected chi connectivity index (χ3v) is 2.16. The van der Waals surface area contributed by atoms with E-state index in [2.05, 4.69) is 0 Å². The first-order valence-corrected chi connectivity index (χ1v) is 5.58. The molecule has 0 bridgehead atoms. The average Bonchev–Trinajstić information content (AvgIpc) is 2.17. The summed E-state index contributed by atoms with van der Waals surface area (Å²) in [6.45, 7) is 2.04. The van der Waals surface area contributed by atoms with Gasteiger partial charge in [-0.05, 0) is 6.42 Å². The minimum atomic E-state index is -0.415. The number of hydrogen-bond donors (Lipinski definition) is 0. The molecule has 0 radical (unpaired) electrons. The highest BCUT2D eigenvalue weighted by molar-refractivity contribution is 6.09. The molecule has 0 saturated heterocycles. The van der Waals surface area contributed by atoms with Gasteiger partial charge < -0.3 is 4.79 Å². The first-order valence-electron chi connectivity index (χ1n) is 5.58. The zero-order valence-corrected chi connectivity index (χ0v) is 9.66. The number of carbonyl (C=O) groups excluding carboxylic acids is 4. The lowest BCUT2D eigenvalue weighted by Crippen LogP contribution is -2.12. The number of hydrogen-bond acceptors (Lipinski definition) is 4. The van der Waals surface area contributed by atoms with Crippen LogP contribution in [0.1, 0.15) is 51.9 Å². The largest absolute Gasteiger partial charge is 0.303 e. The molecule has 0 aliphatic heterocycles. The number of carbonyl (C=O) groups is 4. The van der Waals surface area contributed by atoms with Crippen LogP contribution in [0.5, 0.6) is 0 Å². The molecular formula is C12H18O4. The smallest absolute Gasteiger partial charge is 0.147 e. The SMILES string of the molecule is CCCCCC(=O)CC(=O)CC(=O)CC=O. The van der Waals surface area contributed by atoms with Crippen LogP contribution >= 0.6 is 0 Å². The maximum atomic E-state index is 11.3. The maximum Gasteiger partial charge on any atom is 0.147 e. The van der Waals surface area contributed by atoms with Crippen molar-refractivity contribution in [1.82, 2.24) is 0 Å². The Morgan fingerprint density at radius 3 is 2.12 bits per heavy atom. The lowest BCUT2D eigenvalue weighted by molar-refractivity contribution is -0.130. The summed E-state index contributed by atoms with van der Waals surface area (Å²) in [5.41, 5.74) is 0. The van der Waals surface area contributed by atoms with Gasteiger partial charge in [-0.2, -0.15) is 0 Å². The molecule has 0 fully saturated rings. The van der Waals surface area contributed by atoms with Crippen LogP contribution in [0.3, 0.4) is 0 Å². The molecule has 0 unspecified atom stereocenters. The van der Waals surface area contributed by atoms with E-state index in [0.29, 0.717) is 12.7 Å². The molecule has 90 valence electrons. The summed E-state index contributed by atoms with van der Waals surface area (Å²) in [6, 6.07) is 0. The van der Waals surface area contributed by atoms with Gasteiger partial charge in [0.2, 0.25) is 0 Å². The molecular weight excluding hydrogens is 208 g/mol. The van der Waals surface area contributed by atoms with E-state index in [1.54, 1.807) is 0 Å². The van der Waals surface area contributed by atoms with Crippen molar-refractivity contribution in [2.45, 2.75) is 51.9 Å². The Kier molecular flexibility index (Phi) is 8.21. The summed E-state index contributed by atoms with van der Waals surface area (Å²) in [5.74, 6) is -0.910. The highest BCUT2D eigenvalue weighted by atomic mass is 16.2. The van der Waals surface area contributed by atoms with Gasteiger partial charge in [0.25, 0.3) is 0 Å². The number of rotatable bonds is 10. The van der Waals surface area contributed by atoms with Crippen LogP contribution in [0, 0.1) is 0 Å². The summed E-state index contributed by atoms with van der Waals surface area (Å²) in [6.07, 6.45) is 2.97. The van der Waals surface area contributed by atoms with E-state index in [4.69, 9.17) is 0 Å². The highest BCUT2D eigenvalue weighted by Crippen LogP contribution is 2.04. The molecule has 0 amide bonds. The van der Waals surface area contributed by atoms with Gasteiger partial charge in [-0.25, -0.2) is 0 Å². The predicted molar refractivity (Wildman–Crippen MR) is 59.1 cm³/mol. The van der Waals surface area contributed by atoms with E-state index in [9.17, 15) is 19.2 Å². The second kappa shape index (κ2) is 8.95. The van der Waals surface area contributed by atoms with Crippen LogP contribution in [0.4, 0.5) is 0 Å². The van der Waals surface area contributed by atoms with Crippen molar-refractivity contribution in [2.24, 2.45) is 0 Å². The molecule has 16 heavy (non-hydrogen) atoms. The Bertz CT molecular complexity index is 268. The molecule has 4 nitrogen and oxygen atoms in total. The highest BCUT2D eigenvalue weighted by Gasteiger charge is 2.13. The predicted octanol–water partition coefficient (Wildman–Crippen LogP) is 1.64. The standard InChI is InChI=1S/C12H18O4/c1-2-3-4-5-10(14)8-12(16)9-11(15)6-7-13/h7H,2-6,8-9H2,1H3. The van der Waals surface area contributed by atoms with Gasteiger partial charge >= 0.3 is 0 Å². The molecule has 0 aromatic heterocycles. The van der Waals surface area contributed by atoms with Crippen molar-refractivity contribution >= 4 is 23.6 Å². The van der Waals surface area contributed by atoms with Crippen molar-refractivity contribution in [3.63, 3.8) is 0 Å². The minimum Gasteiger partial charge on any atom is -0.303 e. The summed E-state index contributed by atoms with van der Waals surface area (Å²) in [4.78, 5) is 43.4. The Hall–Kier alpha value is -1.32.